The van der Waals surface area contributed by atoms with Gasteiger partial charge in [0, 0.05) is 5.57 Å². The van der Waals surface area contributed by atoms with Gasteiger partial charge in [-0.3, -0.25) is 0 Å². The van der Waals surface area contributed by atoms with Crippen LogP contribution in [-0.4, -0.2) is 13.1 Å². The summed E-state index contributed by atoms with van der Waals surface area (Å²) in [6, 6.07) is 0. The lowest BCUT2D eigenvalue weighted by atomic mass is 10.1. The average Bonchev–Trinajstić information content (AvgIpc) is 2.92. The summed E-state index contributed by atoms with van der Waals surface area (Å²) < 4.78 is 4.65. The van der Waals surface area contributed by atoms with E-state index in [1.807, 2.05) is 6.92 Å². The maximum absolute atomic E-state index is 11.1. The SMILES string of the molecule is CCCCC1CC1/C=C(\C)C(=O)OC. The van der Waals surface area contributed by atoms with E-state index in [1.54, 1.807) is 0 Å². The zero-order chi connectivity index (χ0) is 10.6. The molecule has 0 N–H and O–H groups in total. The van der Waals surface area contributed by atoms with E-state index in [-0.39, 0.29) is 5.97 Å². The summed E-state index contributed by atoms with van der Waals surface area (Å²) in [5.41, 5.74) is 0.761. The molecule has 1 saturated carbocycles. The molecule has 0 aromatic rings. The van der Waals surface area contributed by atoms with Crippen molar-refractivity contribution in [1.82, 2.24) is 0 Å². The first-order chi connectivity index (χ1) is 6.69. The number of allylic oxidation sites excluding steroid dienone is 1. The van der Waals surface area contributed by atoms with Gasteiger partial charge in [-0.1, -0.05) is 25.8 Å². The van der Waals surface area contributed by atoms with Gasteiger partial charge in [0.15, 0.2) is 0 Å². The van der Waals surface area contributed by atoms with Crippen LogP contribution in [0.4, 0.5) is 0 Å². The first kappa shape index (κ1) is 11.3. The Bertz CT molecular complexity index is 230. The number of ether oxygens (including phenoxy) is 1. The van der Waals surface area contributed by atoms with Gasteiger partial charge in [-0.15, -0.1) is 0 Å². The zero-order valence-corrected chi connectivity index (χ0v) is 9.38. The van der Waals surface area contributed by atoms with E-state index in [9.17, 15) is 4.79 Å². The summed E-state index contributed by atoms with van der Waals surface area (Å²) in [7, 11) is 1.43. The van der Waals surface area contributed by atoms with Crippen LogP contribution in [0.25, 0.3) is 0 Å². The molecular weight excluding hydrogens is 176 g/mol. The van der Waals surface area contributed by atoms with E-state index in [1.165, 1.54) is 32.8 Å². The van der Waals surface area contributed by atoms with Gasteiger partial charge < -0.3 is 4.74 Å². The van der Waals surface area contributed by atoms with Crippen LogP contribution in [0.1, 0.15) is 39.5 Å². The number of unbranched alkanes of at least 4 members (excludes halogenated alkanes) is 1. The minimum absolute atomic E-state index is 0.189. The maximum Gasteiger partial charge on any atom is 0.333 e. The summed E-state index contributed by atoms with van der Waals surface area (Å²) in [6.45, 7) is 4.05. The molecule has 0 bridgehead atoms. The van der Waals surface area contributed by atoms with Crippen LogP contribution in [0, 0.1) is 11.8 Å². The molecule has 0 spiro atoms. The Morgan fingerprint density at radius 2 is 2.29 bits per heavy atom. The third-order valence-electron chi connectivity index (χ3n) is 2.88. The van der Waals surface area contributed by atoms with E-state index in [0.717, 1.165) is 11.5 Å². The van der Waals surface area contributed by atoms with Crippen molar-refractivity contribution in [2.75, 3.05) is 7.11 Å². The van der Waals surface area contributed by atoms with Crippen LogP contribution >= 0.6 is 0 Å². The van der Waals surface area contributed by atoms with Crippen LogP contribution < -0.4 is 0 Å². The van der Waals surface area contributed by atoms with Crippen LogP contribution in [0.5, 0.6) is 0 Å². The third-order valence-corrected chi connectivity index (χ3v) is 2.88. The van der Waals surface area contributed by atoms with Gasteiger partial charge in [0.1, 0.15) is 0 Å². The van der Waals surface area contributed by atoms with Crippen LogP contribution in [0.3, 0.4) is 0 Å². The zero-order valence-electron chi connectivity index (χ0n) is 9.38. The highest BCUT2D eigenvalue weighted by molar-refractivity contribution is 5.87. The molecule has 1 aliphatic carbocycles. The normalized spacial score (nSPS) is 26.1. The molecule has 0 aromatic heterocycles. The number of methoxy groups -OCH3 is 1. The fraction of sp³-hybridized carbons (Fsp3) is 0.750. The lowest BCUT2D eigenvalue weighted by Crippen LogP contribution is -2.01. The average molecular weight is 196 g/mol. The monoisotopic (exact) mass is 196 g/mol. The molecule has 0 amide bonds. The lowest BCUT2D eigenvalue weighted by molar-refractivity contribution is -0.136. The molecule has 0 radical (unpaired) electrons. The molecular formula is C12H20O2. The fourth-order valence-electron chi connectivity index (χ4n) is 1.82. The van der Waals surface area contributed by atoms with Crippen molar-refractivity contribution in [2.24, 2.45) is 11.8 Å². The van der Waals surface area contributed by atoms with Crippen LogP contribution in [-0.2, 0) is 9.53 Å². The van der Waals surface area contributed by atoms with Crippen molar-refractivity contribution in [3.05, 3.63) is 11.6 Å². The molecule has 0 saturated heterocycles. The first-order valence-electron chi connectivity index (χ1n) is 5.45. The Labute approximate surface area is 86.3 Å². The maximum atomic E-state index is 11.1. The lowest BCUT2D eigenvalue weighted by Gasteiger charge is -1.98. The van der Waals surface area contributed by atoms with Crippen LogP contribution in [0.2, 0.25) is 0 Å². The highest BCUT2D eigenvalue weighted by Crippen LogP contribution is 2.43. The van der Waals surface area contributed by atoms with Gasteiger partial charge in [0.25, 0.3) is 0 Å². The molecule has 2 nitrogen and oxygen atoms in total. The molecule has 0 aromatic carbocycles. The largest absolute Gasteiger partial charge is 0.466 e. The summed E-state index contributed by atoms with van der Waals surface area (Å²) in [4.78, 5) is 11.1. The van der Waals surface area contributed by atoms with Gasteiger partial charge in [-0.05, 0) is 31.6 Å². The molecule has 0 heterocycles. The quantitative estimate of drug-likeness (QED) is 0.499. The number of carbonyl (C=O) groups excluding carboxylic acids is 1. The number of hydrogen-bond donors (Lipinski definition) is 0. The molecule has 1 rings (SSSR count). The fourth-order valence-corrected chi connectivity index (χ4v) is 1.82. The Balaban J connectivity index is 2.29. The third kappa shape index (κ3) is 3.17. The van der Waals surface area contributed by atoms with Gasteiger partial charge in [-0.25, -0.2) is 4.79 Å². The summed E-state index contributed by atoms with van der Waals surface area (Å²) in [5, 5.41) is 0. The predicted octanol–water partition coefficient (Wildman–Crippen LogP) is 2.93. The highest BCUT2D eigenvalue weighted by atomic mass is 16.5. The molecule has 2 unspecified atom stereocenters. The van der Waals surface area contributed by atoms with Crippen LogP contribution in [0.15, 0.2) is 11.6 Å². The second kappa shape index (κ2) is 5.18. The summed E-state index contributed by atoms with van der Waals surface area (Å²) >= 11 is 0. The minimum atomic E-state index is -0.189. The number of hydrogen-bond acceptors (Lipinski definition) is 2. The van der Waals surface area contributed by atoms with E-state index in [0.29, 0.717) is 5.92 Å². The van der Waals surface area contributed by atoms with Gasteiger partial charge >= 0.3 is 5.97 Å². The Morgan fingerprint density at radius 1 is 1.57 bits per heavy atom. The topological polar surface area (TPSA) is 26.3 Å². The summed E-state index contributed by atoms with van der Waals surface area (Å²) in [5.74, 6) is 1.28. The number of rotatable bonds is 5. The van der Waals surface area contributed by atoms with Gasteiger partial charge in [0.05, 0.1) is 7.11 Å². The molecule has 14 heavy (non-hydrogen) atoms. The van der Waals surface area contributed by atoms with Gasteiger partial charge in [0.2, 0.25) is 0 Å². The highest BCUT2D eigenvalue weighted by Gasteiger charge is 2.34. The Kier molecular flexibility index (Phi) is 4.18. The minimum Gasteiger partial charge on any atom is -0.466 e. The van der Waals surface area contributed by atoms with Crippen molar-refractivity contribution in [3.8, 4) is 0 Å². The molecule has 2 heteroatoms. The van der Waals surface area contributed by atoms with Crippen molar-refractivity contribution in [2.45, 2.75) is 39.5 Å². The van der Waals surface area contributed by atoms with E-state index >= 15 is 0 Å². The second-order valence-corrected chi connectivity index (χ2v) is 4.14. The Hall–Kier alpha value is -0.790. The van der Waals surface area contributed by atoms with Crippen molar-refractivity contribution in [1.29, 1.82) is 0 Å². The first-order valence-corrected chi connectivity index (χ1v) is 5.45. The Morgan fingerprint density at radius 3 is 2.86 bits per heavy atom. The van der Waals surface area contributed by atoms with Crippen molar-refractivity contribution in [3.63, 3.8) is 0 Å². The standard InChI is InChI=1S/C12H20O2/c1-4-5-6-10-8-11(10)7-9(2)12(13)14-3/h7,10-11H,4-6,8H2,1-3H3/b9-7+. The number of esters is 1. The predicted molar refractivity (Wildman–Crippen MR) is 56.9 cm³/mol. The van der Waals surface area contributed by atoms with E-state index < -0.39 is 0 Å². The smallest absolute Gasteiger partial charge is 0.333 e. The number of carbonyl (C=O) groups is 1. The second-order valence-electron chi connectivity index (χ2n) is 4.14. The van der Waals surface area contributed by atoms with E-state index in [4.69, 9.17) is 0 Å². The molecule has 2 atom stereocenters. The summed E-state index contributed by atoms with van der Waals surface area (Å²) in [6.07, 6.45) is 7.22. The molecule has 0 aliphatic heterocycles. The van der Waals surface area contributed by atoms with Gasteiger partial charge in [-0.2, -0.15) is 0 Å². The molecule has 1 fully saturated rings. The van der Waals surface area contributed by atoms with Crippen molar-refractivity contribution < 1.29 is 9.53 Å². The van der Waals surface area contributed by atoms with E-state index in [2.05, 4.69) is 17.7 Å². The molecule has 80 valence electrons. The molecule has 1 aliphatic rings. The van der Waals surface area contributed by atoms with Crippen molar-refractivity contribution >= 4 is 5.97 Å².